The van der Waals surface area contributed by atoms with E-state index in [0.717, 1.165) is 32.0 Å². The fourth-order valence-electron chi connectivity index (χ4n) is 3.74. The lowest BCUT2D eigenvalue weighted by molar-refractivity contribution is -0.145. The van der Waals surface area contributed by atoms with Gasteiger partial charge in [0, 0.05) is 25.6 Å². The Bertz CT molecular complexity index is 427. The first-order chi connectivity index (χ1) is 14.8. The number of hydrogen-bond acceptors (Lipinski definition) is 4. The first-order valence-electron chi connectivity index (χ1n) is 12.5. The predicted molar refractivity (Wildman–Crippen MR) is 128 cm³/mol. The summed E-state index contributed by atoms with van der Waals surface area (Å²) < 4.78 is 16.3. The highest BCUT2D eigenvalue weighted by molar-refractivity contribution is 7.47. The standard InChI is InChI=1S/C25H47O4P/c1-3-4-5-6-7-8-9-10-11-12-13-14-15-16-17-18-19-25(26)28-22-24-20-21-29-30(23-24)27-2/h11-12,24H,3-10,13-23H2,1-2H3/b12-11-. The van der Waals surface area contributed by atoms with Crippen molar-refractivity contribution in [2.24, 2.45) is 5.92 Å². The number of esters is 1. The first kappa shape index (κ1) is 27.6. The van der Waals surface area contributed by atoms with Crippen LogP contribution in [0.4, 0.5) is 0 Å². The fourth-order valence-corrected chi connectivity index (χ4v) is 5.12. The van der Waals surface area contributed by atoms with Gasteiger partial charge in [0.25, 0.3) is 0 Å². The smallest absolute Gasteiger partial charge is 0.305 e. The molecule has 176 valence electrons. The lowest BCUT2D eigenvalue weighted by Crippen LogP contribution is -2.22. The average Bonchev–Trinajstić information content (AvgIpc) is 2.77. The summed E-state index contributed by atoms with van der Waals surface area (Å²) in [7, 11) is 0.922. The van der Waals surface area contributed by atoms with Gasteiger partial charge in [-0.15, -0.1) is 0 Å². The maximum Gasteiger partial charge on any atom is 0.305 e. The average molecular weight is 443 g/mol. The molecule has 0 aromatic heterocycles. The molecule has 1 saturated heterocycles. The number of unbranched alkanes of at least 4 members (excludes halogenated alkanes) is 12. The van der Waals surface area contributed by atoms with Gasteiger partial charge in [-0.3, -0.25) is 4.79 Å². The molecule has 0 bridgehead atoms. The molecular weight excluding hydrogens is 395 g/mol. The molecule has 0 saturated carbocycles. The van der Waals surface area contributed by atoms with Crippen LogP contribution in [0, 0.1) is 5.92 Å². The molecule has 5 heteroatoms. The molecule has 1 aliphatic rings. The number of carbonyl (C=O) groups is 1. The largest absolute Gasteiger partial charge is 0.465 e. The van der Waals surface area contributed by atoms with E-state index in [1.165, 1.54) is 77.0 Å². The molecule has 0 aromatic carbocycles. The summed E-state index contributed by atoms with van der Waals surface area (Å²) in [6.45, 7) is 3.51. The van der Waals surface area contributed by atoms with Gasteiger partial charge in [-0.2, -0.15) is 0 Å². The molecular formula is C25H47O4P. The van der Waals surface area contributed by atoms with Crippen molar-refractivity contribution < 1.29 is 18.6 Å². The van der Waals surface area contributed by atoms with Crippen molar-refractivity contribution in [2.45, 2.75) is 110 Å². The van der Waals surface area contributed by atoms with Gasteiger partial charge in [-0.1, -0.05) is 76.9 Å². The van der Waals surface area contributed by atoms with Crippen LogP contribution in [0.15, 0.2) is 12.2 Å². The molecule has 0 spiro atoms. The van der Waals surface area contributed by atoms with E-state index in [1.807, 2.05) is 0 Å². The van der Waals surface area contributed by atoms with Crippen LogP contribution in [-0.4, -0.2) is 32.5 Å². The van der Waals surface area contributed by atoms with Crippen molar-refractivity contribution in [1.29, 1.82) is 0 Å². The second kappa shape index (κ2) is 20.5. The van der Waals surface area contributed by atoms with Gasteiger partial charge in [0.1, 0.15) is 0 Å². The number of hydrogen-bond donors (Lipinski definition) is 0. The summed E-state index contributed by atoms with van der Waals surface area (Å²) in [6.07, 6.45) is 25.1. The fraction of sp³-hybridized carbons (Fsp3) is 0.880. The topological polar surface area (TPSA) is 44.8 Å². The van der Waals surface area contributed by atoms with Crippen molar-refractivity contribution in [3.8, 4) is 0 Å². The van der Waals surface area contributed by atoms with E-state index >= 15 is 0 Å². The minimum Gasteiger partial charge on any atom is -0.465 e. The molecule has 0 N–H and O–H groups in total. The SMILES string of the molecule is CCCCCCCCC/C=C\CCCCCCCC(=O)OCC1CCOP(OC)C1. The normalized spacial score (nSPS) is 19.4. The van der Waals surface area contributed by atoms with E-state index in [9.17, 15) is 4.79 Å². The zero-order valence-corrected chi connectivity index (χ0v) is 20.6. The Morgan fingerprint density at radius 2 is 1.53 bits per heavy atom. The Hall–Kier alpha value is -0.440. The molecule has 30 heavy (non-hydrogen) atoms. The number of ether oxygens (including phenoxy) is 1. The van der Waals surface area contributed by atoms with Crippen LogP contribution >= 0.6 is 8.38 Å². The third kappa shape index (κ3) is 16.3. The van der Waals surface area contributed by atoms with Crippen LogP contribution in [0.2, 0.25) is 0 Å². The van der Waals surface area contributed by atoms with E-state index in [-0.39, 0.29) is 5.97 Å². The number of allylic oxidation sites excluding steroid dienone is 2. The number of carbonyl (C=O) groups excluding carboxylic acids is 1. The minimum absolute atomic E-state index is 0.0449. The van der Waals surface area contributed by atoms with E-state index in [1.54, 1.807) is 7.11 Å². The molecule has 0 aromatic rings. The third-order valence-electron chi connectivity index (χ3n) is 5.75. The first-order valence-corrected chi connectivity index (χ1v) is 13.9. The van der Waals surface area contributed by atoms with Crippen molar-refractivity contribution in [1.82, 2.24) is 0 Å². The van der Waals surface area contributed by atoms with Crippen LogP contribution in [0.1, 0.15) is 110 Å². The van der Waals surface area contributed by atoms with Gasteiger partial charge >= 0.3 is 5.97 Å². The molecule has 4 nitrogen and oxygen atoms in total. The summed E-state index contributed by atoms with van der Waals surface area (Å²) in [5.41, 5.74) is 0. The maximum atomic E-state index is 11.9. The van der Waals surface area contributed by atoms with Crippen LogP contribution < -0.4 is 0 Å². The zero-order valence-electron chi connectivity index (χ0n) is 19.7. The van der Waals surface area contributed by atoms with E-state index in [4.69, 9.17) is 13.8 Å². The molecule has 1 rings (SSSR count). The summed E-state index contributed by atoms with van der Waals surface area (Å²) in [5, 5.41) is 0. The van der Waals surface area contributed by atoms with E-state index in [2.05, 4.69) is 19.1 Å². The highest BCUT2D eigenvalue weighted by Gasteiger charge is 2.24. The molecule has 0 radical (unpaired) electrons. The maximum absolute atomic E-state index is 11.9. The minimum atomic E-state index is -0.766. The van der Waals surface area contributed by atoms with Crippen molar-refractivity contribution in [3.63, 3.8) is 0 Å². The van der Waals surface area contributed by atoms with Gasteiger partial charge in [0.15, 0.2) is 8.38 Å². The van der Waals surface area contributed by atoms with Crippen LogP contribution in [-0.2, 0) is 18.6 Å². The predicted octanol–water partition coefficient (Wildman–Crippen LogP) is 7.95. The third-order valence-corrected chi connectivity index (χ3v) is 7.44. The molecule has 0 aliphatic carbocycles. The Kier molecular flexibility index (Phi) is 18.8. The quantitative estimate of drug-likeness (QED) is 0.0881. The van der Waals surface area contributed by atoms with Gasteiger partial charge in [-0.25, -0.2) is 0 Å². The Morgan fingerprint density at radius 3 is 2.17 bits per heavy atom. The zero-order chi connectivity index (χ0) is 21.7. The summed E-state index contributed by atoms with van der Waals surface area (Å²) >= 11 is 0. The van der Waals surface area contributed by atoms with E-state index in [0.29, 0.717) is 18.9 Å². The molecule has 1 aliphatic heterocycles. The summed E-state index contributed by atoms with van der Waals surface area (Å²) in [6, 6.07) is 0. The Labute approximate surface area is 187 Å². The molecule has 2 atom stereocenters. The van der Waals surface area contributed by atoms with Crippen molar-refractivity contribution in [3.05, 3.63) is 12.2 Å². The van der Waals surface area contributed by atoms with Crippen molar-refractivity contribution >= 4 is 14.3 Å². The van der Waals surface area contributed by atoms with Gasteiger partial charge < -0.3 is 13.8 Å². The number of rotatable bonds is 19. The van der Waals surface area contributed by atoms with Crippen LogP contribution in [0.3, 0.4) is 0 Å². The second-order valence-corrected chi connectivity index (χ2v) is 10.2. The monoisotopic (exact) mass is 442 g/mol. The van der Waals surface area contributed by atoms with Gasteiger partial charge in [-0.05, 0) is 38.5 Å². The van der Waals surface area contributed by atoms with Gasteiger partial charge in [0.2, 0.25) is 0 Å². The second-order valence-electron chi connectivity index (χ2n) is 8.56. The lowest BCUT2D eigenvalue weighted by Gasteiger charge is -2.27. The van der Waals surface area contributed by atoms with Crippen molar-refractivity contribution in [2.75, 3.05) is 26.5 Å². The molecule has 1 heterocycles. The summed E-state index contributed by atoms with van der Waals surface area (Å²) in [5.74, 6) is 0.351. The molecule has 1 fully saturated rings. The van der Waals surface area contributed by atoms with E-state index < -0.39 is 8.38 Å². The lowest BCUT2D eigenvalue weighted by atomic mass is 10.1. The highest BCUT2D eigenvalue weighted by Crippen LogP contribution is 2.43. The highest BCUT2D eigenvalue weighted by atomic mass is 31.2. The van der Waals surface area contributed by atoms with Crippen LogP contribution in [0.5, 0.6) is 0 Å². The summed E-state index contributed by atoms with van der Waals surface area (Å²) in [4.78, 5) is 11.9. The van der Waals surface area contributed by atoms with Gasteiger partial charge in [0.05, 0.1) is 13.2 Å². The molecule has 0 amide bonds. The Morgan fingerprint density at radius 1 is 0.933 bits per heavy atom. The molecule has 2 unspecified atom stereocenters. The van der Waals surface area contributed by atoms with Crippen LogP contribution in [0.25, 0.3) is 0 Å². The Balaban J connectivity index is 1.82.